The number of anilines is 1. The van der Waals surface area contributed by atoms with Gasteiger partial charge in [0.15, 0.2) is 0 Å². The molecule has 1 aliphatic heterocycles. The number of amides is 2. The van der Waals surface area contributed by atoms with E-state index >= 15 is 0 Å². The second-order valence-corrected chi connectivity index (χ2v) is 5.97. The van der Waals surface area contributed by atoms with Gasteiger partial charge in [-0.2, -0.15) is 0 Å². The fourth-order valence-electron chi connectivity index (χ4n) is 2.96. The Morgan fingerprint density at radius 1 is 1.12 bits per heavy atom. The topological polar surface area (TPSA) is 86.7 Å². The molecule has 2 amide bonds. The molecule has 0 aliphatic carbocycles. The normalized spacial score (nSPS) is 15.6. The van der Waals surface area contributed by atoms with Crippen LogP contribution >= 0.6 is 0 Å². The van der Waals surface area contributed by atoms with Crippen molar-refractivity contribution in [1.82, 2.24) is 5.32 Å². The van der Waals surface area contributed by atoms with E-state index in [1.54, 1.807) is 48.5 Å². The monoisotopic (exact) mass is 338 g/mol. The van der Waals surface area contributed by atoms with Gasteiger partial charge in [-0.25, -0.2) is 0 Å². The molecular weight excluding hydrogens is 320 g/mol. The summed E-state index contributed by atoms with van der Waals surface area (Å²) in [5.41, 5.74) is 2.66. The summed E-state index contributed by atoms with van der Waals surface area (Å²) in [6, 6.07) is 14.0. The third kappa shape index (κ3) is 3.38. The van der Waals surface area contributed by atoms with Gasteiger partial charge < -0.3 is 15.3 Å². The summed E-state index contributed by atoms with van der Waals surface area (Å²) < 4.78 is 0. The fraction of sp³-hybridized carbons (Fsp3) is 0.211. The van der Waals surface area contributed by atoms with Crippen molar-refractivity contribution in [1.29, 1.82) is 0 Å². The quantitative estimate of drug-likeness (QED) is 0.894. The number of hydrogen-bond acceptors (Lipinski definition) is 3. The zero-order valence-electron chi connectivity index (χ0n) is 13.7. The van der Waals surface area contributed by atoms with E-state index in [9.17, 15) is 19.5 Å². The van der Waals surface area contributed by atoms with Gasteiger partial charge in [0.2, 0.25) is 5.91 Å². The predicted molar refractivity (Wildman–Crippen MR) is 92.5 cm³/mol. The lowest BCUT2D eigenvalue weighted by Crippen LogP contribution is -2.31. The highest BCUT2D eigenvalue weighted by Gasteiger charge is 2.36. The number of nitrogens with zero attached hydrogens (tertiary/aromatic N) is 1. The summed E-state index contributed by atoms with van der Waals surface area (Å²) >= 11 is 0. The van der Waals surface area contributed by atoms with Crippen LogP contribution in [-0.4, -0.2) is 29.4 Å². The van der Waals surface area contributed by atoms with Gasteiger partial charge in [0.05, 0.1) is 0 Å². The molecule has 0 radical (unpaired) electrons. The average Bonchev–Trinajstić information content (AvgIpc) is 3.00. The number of nitrogens with one attached hydrogen (secondary N) is 1. The maximum absolute atomic E-state index is 12.8. The summed E-state index contributed by atoms with van der Waals surface area (Å²) in [5.74, 6) is -2.00. The minimum Gasteiger partial charge on any atom is -0.481 e. The summed E-state index contributed by atoms with van der Waals surface area (Å²) in [6.07, 6.45) is 0. The van der Waals surface area contributed by atoms with Crippen LogP contribution in [0.4, 0.5) is 5.69 Å². The molecule has 0 fully saturated rings. The minimum atomic E-state index is -0.937. The number of carbonyl (C=O) groups is 3. The predicted octanol–water partition coefficient (Wildman–Crippen LogP) is 2.15. The first-order valence-electron chi connectivity index (χ1n) is 7.94. The lowest BCUT2D eigenvalue weighted by molar-refractivity contribution is -0.138. The van der Waals surface area contributed by atoms with Crippen LogP contribution in [0.5, 0.6) is 0 Å². The lowest BCUT2D eigenvalue weighted by atomic mass is 10.0. The summed E-state index contributed by atoms with van der Waals surface area (Å²) in [6.45, 7) is 1.97. The second kappa shape index (κ2) is 6.76. The van der Waals surface area contributed by atoms with Gasteiger partial charge in [0.1, 0.15) is 5.92 Å². The van der Waals surface area contributed by atoms with Crippen LogP contribution in [0, 0.1) is 0 Å². The number of hydrogen-bond donors (Lipinski definition) is 2. The average molecular weight is 338 g/mol. The Labute approximate surface area is 145 Å². The van der Waals surface area contributed by atoms with E-state index in [0.29, 0.717) is 23.4 Å². The molecule has 2 aromatic carbocycles. The number of rotatable bonds is 4. The lowest BCUT2D eigenvalue weighted by Gasteiger charge is -2.17. The standard InChI is InChI=1S/C19H18N2O4/c1-12(22)20-10-13-6-8-14(9-7-13)18(23)21-11-16(19(24)25)15-4-2-3-5-17(15)21/h2-9,16H,10-11H2,1H3,(H,20,22)(H,24,25)/t16-/m0/s1. The van der Waals surface area contributed by atoms with E-state index in [4.69, 9.17) is 0 Å². The molecule has 2 aromatic rings. The Bertz CT molecular complexity index is 830. The molecule has 0 spiro atoms. The first-order valence-corrected chi connectivity index (χ1v) is 7.94. The van der Waals surface area contributed by atoms with E-state index in [2.05, 4.69) is 5.32 Å². The molecule has 3 rings (SSSR count). The number of aliphatic carboxylic acids is 1. The highest BCUT2D eigenvalue weighted by molar-refractivity contribution is 6.08. The smallest absolute Gasteiger partial charge is 0.312 e. The maximum Gasteiger partial charge on any atom is 0.312 e. The van der Waals surface area contributed by atoms with Gasteiger partial charge in [-0.05, 0) is 29.3 Å². The van der Waals surface area contributed by atoms with Crippen molar-refractivity contribution < 1.29 is 19.5 Å². The number of fused-ring (bicyclic) bond motifs is 1. The van der Waals surface area contributed by atoms with Crippen molar-refractivity contribution in [3.63, 3.8) is 0 Å². The van der Waals surface area contributed by atoms with E-state index in [1.165, 1.54) is 11.8 Å². The molecule has 25 heavy (non-hydrogen) atoms. The van der Waals surface area contributed by atoms with Gasteiger partial charge in [0, 0.05) is 31.3 Å². The van der Waals surface area contributed by atoms with Crippen LogP contribution < -0.4 is 10.2 Å². The van der Waals surface area contributed by atoms with Crippen molar-refractivity contribution in [2.24, 2.45) is 0 Å². The largest absolute Gasteiger partial charge is 0.481 e. The molecule has 0 aromatic heterocycles. The highest BCUT2D eigenvalue weighted by Crippen LogP contribution is 2.37. The highest BCUT2D eigenvalue weighted by atomic mass is 16.4. The maximum atomic E-state index is 12.8. The van der Waals surface area contributed by atoms with Gasteiger partial charge in [-0.1, -0.05) is 30.3 Å². The van der Waals surface area contributed by atoms with Crippen LogP contribution in [0.25, 0.3) is 0 Å². The molecule has 0 saturated carbocycles. The number of benzene rings is 2. The molecule has 0 unspecified atom stereocenters. The Kier molecular flexibility index (Phi) is 4.52. The SMILES string of the molecule is CC(=O)NCc1ccc(C(=O)N2C[C@H](C(=O)O)c3ccccc32)cc1. The molecular formula is C19H18N2O4. The van der Waals surface area contributed by atoms with Crippen LogP contribution in [0.2, 0.25) is 0 Å². The fourth-order valence-corrected chi connectivity index (χ4v) is 2.96. The third-order valence-electron chi connectivity index (χ3n) is 4.25. The minimum absolute atomic E-state index is 0.117. The number of carbonyl (C=O) groups excluding carboxylic acids is 2. The van der Waals surface area contributed by atoms with Crippen molar-refractivity contribution in [2.45, 2.75) is 19.4 Å². The Morgan fingerprint density at radius 3 is 2.44 bits per heavy atom. The van der Waals surface area contributed by atoms with Crippen LogP contribution in [0.1, 0.15) is 34.3 Å². The van der Waals surface area contributed by atoms with Gasteiger partial charge in [-0.3, -0.25) is 14.4 Å². The van der Waals surface area contributed by atoms with Crippen molar-refractivity contribution in [3.8, 4) is 0 Å². The number of carboxylic acid groups (broad SMARTS) is 1. The molecule has 1 aliphatic rings. The first kappa shape index (κ1) is 16.7. The van der Waals surface area contributed by atoms with Gasteiger partial charge in [-0.15, -0.1) is 0 Å². The zero-order valence-corrected chi connectivity index (χ0v) is 13.7. The molecule has 6 nitrogen and oxygen atoms in total. The van der Waals surface area contributed by atoms with E-state index in [1.807, 2.05) is 0 Å². The molecule has 0 saturated heterocycles. The van der Waals surface area contributed by atoms with E-state index in [-0.39, 0.29) is 18.4 Å². The molecule has 128 valence electrons. The van der Waals surface area contributed by atoms with Crippen LogP contribution in [-0.2, 0) is 16.1 Å². The third-order valence-corrected chi connectivity index (χ3v) is 4.25. The number of carboxylic acids is 1. The molecule has 0 bridgehead atoms. The van der Waals surface area contributed by atoms with E-state index < -0.39 is 11.9 Å². The summed E-state index contributed by atoms with van der Waals surface area (Å²) in [7, 11) is 0. The summed E-state index contributed by atoms with van der Waals surface area (Å²) in [4.78, 5) is 36.7. The Morgan fingerprint density at radius 2 is 1.80 bits per heavy atom. The molecule has 2 N–H and O–H groups in total. The first-order chi connectivity index (χ1) is 12.0. The molecule has 6 heteroatoms. The van der Waals surface area contributed by atoms with Gasteiger partial charge in [0.25, 0.3) is 5.91 Å². The van der Waals surface area contributed by atoms with Crippen molar-refractivity contribution in [3.05, 3.63) is 65.2 Å². The van der Waals surface area contributed by atoms with Gasteiger partial charge >= 0.3 is 5.97 Å². The summed E-state index contributed by atoms with van der Waals surface area (Å²) in [5, 5.41) is 12.1. The molecule has 1 heterocycles. The van der Waals surface area contributed by atoms with Crippen molar-refractivity contribution >= 4 is 23.5 Å². The number of para-hydroxylation sites is 1. The van der Waals surface area contributed by atoms with Crippen LogP contribution in [0.15, 0.2) is 48.5 Å². The van der Waals surface area contributed by atoms with E-state index in [0.717, 1.165) is 5.56 Å². The van der Waals surface area contributed by atoms with Crippen molar-refractivity contribution in [2.75, 3.05) is 11.4 Å². The zero-order chi connectivity index (χ0) is 18.0. The Hall–Kier alpha value is -3.15. The second-order valence-electron chi connectivity index (χ2n) is 5.97. The Balaban J connectivity index is 1.82. The molecule has 1 atom stereocenters. The van der Waals surface area contributed by atoms with Crippen LogP contribution in [0.3, 0.4) is 0 Å².